The number of carbonyl (C=O) groups excluding carboxylic acids is 2. The molecule has 0 fully saturated rings. The van der Waals surface area contributed by atoms with Crippen molar-refractivity contribution in [1.29, 1.82) is 0 Å². The second-order valence-corrected chi connectivity index (χ2v) is 8.03. The van der Waals surface area contributed by atoms with Gasteiger partial charge in [0.15, 0.2) is 5.78 Å². The number of hydrogen-bond donors (Lipinski definition) is 2. The number of ketones is 1. The Morgan fingerprint density at radius 1 is 1.13 bits per heavy atom. The molecule has 1 atom stereocenters. The lowest BCUT2D eigenvalue weighted by molar-refractivity contribution is -0.127. The van der Waals surface area contributed by atoms with Crippen LogP contribution in [-0.2, 0) is 11.2 Å². The van der Waals surface area contributed by atoms with Crippen molar-refractivity contribution in [3.63, 3.8) is 0 Å². The number of imidazole rings is 1. The molecule has 1 aromatic heterocycles. The van der Waals surface area contributed by atoms with E-state index >= 15 is 0 Å². The maximum Gasteiger partial charge on any atom is 0.271 e. The summed E-state index contributed by atoms with van der Waals surface area (Å²) in [6.07, 6.45) is 4.88. The maximum absolute atomic E-state index is 13.3. The van der Waals surface area contributed by atoms with Gasteiger partial charge < -0.3 is 15.6 Å². The summed E-state index contributed by atoms with van der Waals surface area (Å²) >= 11 is 3.44. The average Bonchev–Trinajstić information content (AvgIpc) is 3.37. The number of nitrogens with one attached hydrogen (secondary N) is 1. The number of aromatic nitrogens is 2. The smallest absolute Gasteiger partial charge is 0.271 e. The average molecular weight is 465 g/mol. The highest BCUT2D eigenvalue weighted by Crippen LogP contribution is 2.38. The van der Waals surface area contributed by atoms with Crippen LogP contribution in [0.5, 0.6) is 0 Å². The lowest BCUT2D eigenvalue weighted by Crippen LogP contribution is -2.33. The van der Waals surface area contributed by atoms with Crippen LogP contribution in [0.3, 0.4) is 0 Å². The van der Waals surface area contributed by atoms with Crippen LogP contribution in [0.15, 0.2) is 82.7 Å². The Morgan fingerprint density at radius 3 is 2.53 bits per heavy atom. The first kappa shape index (κ1) is 20.1. The third-order valence-electron chi connectivity index (χ3n) is 5.20. The van der Waals surface area contributed by atoms with Gasteiger partial charge >= 0.3 is 0 Å². The Hall–Kier alpha value is -3.19. The van der Waals surface area contributed by atoms with E-state index < -0.39 is 6.04 Å². The molecule has 4 rings (SSSR count). The normalized spacial score (nSPS) is 16.4. The molecule has 1 unspecified atom stereocenters. The number of halogens is 1. The number of carbonyl (C=O) groups is 2. The molecule has 3 aromatic rings. The summed E-state index contributed by atoms with van der Waals surface area (Å²) in [4.78, 5) is 35.4. The number of nitrogens with zero attached hydrogens (tertiary/aromatic N) is 2. The zero-order valence-corrected chi connectivity index (χ0v) is 17.8. The van der Waals surface area contributed by atoms with Gasteiger partial charge in [-0.3, -0.25) is 9.59 Å². The molecule has 7 heteroatoms. The molecule has 2 aromatic carbocycles. The Morgan fingerprint density at radius 2 is 1.87 bits per heavy atom. The molecule has 0 spiro atoms. The van der Waals surface area contributed by atoms with Gasteiger partial charge in [0, 0.05) is 35.4 Å². The van der Waals surface area contributed by atoms with Gasteiger partial charge in [-0.25, -0.2) is 4.98 Å². The largest absolute Gasteiger partial charge is 0.394 e. The number of Topliss-reactive ketones (excluding diaryl/α,β-unsaturated/α-hetero) is 1. The van der Waals surface area contributed by atoms with Crippen molar-refractivity contribution < 1.29 is 9.59 Å². The number of rotatable bonds is 7. The first-order valence-electron chi connectivity index (χ1n) is 9.70. The van der Waals surface area contributed by atoms with Gasteiger partial charge in [0.05, 0.1) is 11.6 Å². The maximum atomic E-state index is 13.3. The predicted octanol–water partition coefficient (Wildman–Crippen LogP) is 3.78. The molecule has 30 heavy (non-hydrogen) atoms. The Bertz CT molecular complexity index is 1080. The number of H-pyrrole nitrogens is 1. The minimum Gasteiger partial charge on any atom is -0.394 e. The van der Waals surface area contributed by atoms with Crippen molar-refractivity contribution in [3.8, 4) is 0 Å². The first-order chi connectivity index (χ1) is 14.6. The zero-order valence-electron chi connectivity index (χ0n) is 16.2. The van der Waals surface area contributed by atoms with Crippen LogP contribution in [0, 0.1) is 0 Å². The van der Waals surface area contributed by atoms with E-state index in [2.05, 4.69) is 25.9 Å². The molecule has 6 nitrogen and oxygen atoms in total. The molecule has 0 radical (unpaired) electrons. The van der Waals surface area contributed by atoms with Crippen molar-refractivity contribution in [2.45, 2.75) is 18.9 Å². The fraction of sp³-hybridized carbons (Fsp3) is 0.174. The summed E-state index contributed by atoms with van der Waals surface area (Å²) in [6.45, 7) is 0.465. The molecular formula is C23H21BrN4O2. The molecular weight excluding hydrogens is 444 g/mol. The summed E-state index contributed by atoms with van der Waals surface area (Å²) in [5.74, 6) is 0.341. The van der Waals surface area contributed by atoms with Gasteiger partial charge in [0.1, 0.15) is 11.5 Å². The van der Waals surface area contributed by atoms with E-state index in [9.17, 15) is 9.59 Å². The molecule has 0 aliphatic carbocycles. The summed E-state index contributed by atoms with van der Waals surface area (Å²) in [5.41, 5.74) is 7.94. The summed E-state index contributed by atoms with van der Waals surface area (Å²) in [7, 11) is 0. The number of aryl methyl sites for hydroxylation is 1. The van der Waals surface area contributed by atoms with Crippen molar-refractivity contribution >= 4 is 27.6 Å². The quantitative estimate of drug-likeness (QED) is 0.520. The van der Waals surface area contributed by atoms with E-state index in [1.54, 1.807) is 41.6 Å². The van der Waals surface area contributed by atoms with Crippen LogP contribution >= 0.6 is 15.9 Å². The molecule has 1 aliphatic heterocycles. The molecule has 2 heterocycles. The van der Waals surface area contributed by atoms with E-state index in [4.69, 9.17) is 5.73 Å². The number of hydrogen-bond acceptors (Lipinski definition) is 4. The lowest BCUT2D eigenvalue weighted by Gasteiger charge is -2.27. The van der Waals surface area contributed by atoms with E-state index in [-0.39, 0.29) is 17.4 Å². The summed E-state index contributed by atoms with van der Waals surface area (Å²) < 4.78 is 0.924. The molecule has 0 bridgehead atoms. The van der Waals surface area contributed by atoms with Gasteiger partial charge in [-0.1, -0.05) is 58.4 Å². The van der Waals surface area contributed by atoms with Crippen molar-refractivity contribution in [3.05, 3.63) is 99.7 Å². The third kappa shape index (κ3) is 3.93. The lowest BCUT2D eigenvalue weighted by atomic mass is 9.92. The molecule has 152 valence electrons. The number of benzene rings is 2. The van der Waals surface area contributed by atoms with Gasteiger partial charge in [-0.2, -0.15) is 0 Å². The Labute approximate surface area is 182 Å². The molecule has 0 saturated carbocycles. The first-order valence-corrected chi connectivity index (χ1v) is 10.5. The fourth-order valence-electron chi connectivity index (χ4n) is 3.76. The van der Waals surface area contributed by atoms with Gasteiger partial charge in [0.25, 0.3) is 5.91 Å². The molecule has 1 aliphatic rings. The van der Waals surface area contributed by atoms with Gasteiger partial charge in [0.2, 0.25) is 0 Å². The molecule has 0 saturated heterocycles. The minimum atomic E-state index is -0.519. The van der Waals surface area contributed by atoms with Crippen LogP contribution < -0.4 is 5.73 Å². The zero-order chi connectivity index (χ0) is 21.1. The predicted molar refractivity (Wildman–Crippen MR) is 117 cm³/mol. The summed E-state index contributed by atoms with van der Waals surface area (Å²) in [6, 6.07) is 16.1. The van der Waals surface area contributed by atoms with Crippen LogP contribution in [0.4, 0.5) is 0 Å². The fourth-order valence-corrected chi connectivity index (χ4v) is 4.02. The topological polar surface area (TPSA) is 92.1 Å². The Balaban J connectivity index is 1.67. The van der Waals surface area contributed by atoms with Crippen molar-refractivity contribution in [2.24, 2.45) is 5.73 Å². The van der Waals surface area contributed by atoms with Crippen LogP contribution in [0.25, 0.3) is 0 Å². The Kier molecular flexibility index (Phi) is 5.81. The van der Waals surface area contributed by atoms with Gasteiger partial charge in [-0.05, 0) is 24.1 Å². The van der Waals surface area contributed by atoms with Crippen molar-refractivity contribution in [2.75, 3.05) is 6.54 Å². The number of amides is 1. The SMILES string of the molecule is NC1=C(C(=O)c2ccccc2)C(c2ccc(Br)cc2)N(CCCc2ncc[nH]2)C1=O. The minimum absolute atomic E-state index is 0.0229. The summed E-state index contributed by atoms with van der Waals surface area (Å²) in [5, 5.41) is 0. The third-order valence-corrected chi connectivity index (χ3v) is 5.73. The highest BCUT2D eigenvalue weighted by Gasteiger charge is 2.42. The second-order valence-electron chi connectivity index (χ2n) is 7.11. The number of nitrogens with two attached hydrogens (primary N) is 1. The van der Waals surface area contributed by atoms with E-state index in [0.717, 1.165) is 15.9 Å². The van der Waals surface area contributed by atoms with Crippen LogP contribution in [-0.4, -0.2) is 33.1 Å². The molecule has 1 amide bonds. The van der Waals surface area contributed by atoms with E-state index in [1.807, 2.05) is 30.3 Å². The van der Waals surface area contributed by atoms with Crippen molar-refractivity contribution in [1.82, 2.24) is 14.9 Å². The van der Waals surface area contributed by atoms with E-state index in [1.165, 1.54) is 0 Å². The number of aromatic amines is 1. The van der Waals surface area contributed by atoms with Crippen LogP contribution in [0.2, 0.25) is 0 Å². The van der Waals surface area contributed by atoms with E-state index in [0.29, 0.717) is 30.5 Å². The highest BCUT2D eigenvalue weighted by atomic mass is 79.9. The molecule has 3 N–H and O–H groups in total. The van der Waals surface area contributed by atoms with Crippen LogP contribution in [0.1, 0.15) is 34.2 Å². The monoisotopic (exact) mass is 464 g/mol. The van der Waals surface area contributed by atoms with Gasteiger partial charge in [-0.15, -0.1) is 0 Å². The standard InChI is InChI=1S/C23H21BrN4O2/c24-17-10-8-15(9-11-17)21-19(22(29)16-5-2-1-3-6-16)20(25)23(30)28(21)14-4-7-18-26-12-13-27-18/h1-3,5-6,8-13,21H,4,7,14,25H2,(H,26,27). The highest BCUT2D eigenvalue weighted by molar-refractivity contribution is 9.10. The second kappa shape index (κ2) is 8.67.